The molecule has 0 saturated carbocycles. The zero-order chi connectivity index (χ0) is 25.1. The molecule has 1 amide bonds. The van der Waals surface area contributed by atoms with Gasteiger partial charge in [-0.05, 0) is 74.3 Å². The molecule has 8 nitrogen and oxygen atoms in total. The lowest BCUT2D eigenvalue weighted by Crippen LogP contribution is -2.29. The Balaban J connectivity index is 1.45. The number of nitriles is 1. The number of aromatic nitrogens is 3. The minimum atomic E-state index is -0.342. The summed E-state index contributed by atoms with van der Waals surface area (Å²) in [5.41, 5.74) is 4.31. The van der Waals surface area contributed by atoms with Crippen LogP contribution in [-0.4, -0.2) is 45.5 Å². The van der Waals surface area contributed by atoms with Crippen molar-refractivity contribution in [2.45, 2.75) is 18.8 Å². The highest BCUT2D eigenvalue weighted by atomic mass is 16.5. The first-order valence-electron chi connectivity index (χ1n) is 11.8. The third-order valence-corrected chi connectivity index (χ3v) is 6.53. The van der Waals surface area contributed by atoms with E-state index in [4.69, 9.17) is 4.74 Å². The summed E-state index contributed by atoms with van der Waals surface area (Å²) in [6, 6.07) is 16.1. The van der Waals surface area contributed by atoms with Crippen molar-refractivity contribution in [2.24, 2.45) is 0 Å². The van der Waals surface area contributed by atoms with Crippen molar-refractivity contribution in [1.29, 1.82) is 5.26 Å². The summed E-state index contributed by atoms with van der Waals surface area (Å²) in [6.07, 6.45) is 8.47. The van der Waals surface area contributed by atoms with Crippen LogP contribution in [0.4, 0.5) is 5.82 Å². The van der Waals surface area contributed by atoms with E-state index in [1.807, 2.05) is 12.3 Å². The van der Waals surface area contributed by atoms with E-state index in [0.717, 1.165) is 24.2 Å². The third kappa shape index (κ3) is 4.83. The summed E-state index contributed by atoms with van der Waals surface area (Å²) < 4.78 is 7.82. The fraction of sp³-hybridized carbons (Fsp3) is 0.214. The van der Waals surface area contributed by atoms with Crippen LogP contribution in [0, 0.1) is 11.3 Å². The molecule has 0 radical (unpaired) electrons. The predicted octanol–water partition coefficient (Wildman–Crippen LogP) is 4.99. The molecule has 3 aromatic heterocycles. The first kappa shape index (κ1) is 23.3. The number of carbonyl (C=O) groups is 1. The Morgan fingerprint density at radius 2 is 1.94 bits per heavy atom. The number of anilines is 1. The average Bonchev–Trinajstić information content (AvgIpc) is 3.34. The maximum absolute atomic E-state index is 11.5. The topological polar surface area (TPSA) is 95.5 Å². The van der Waals surface area contributed by atoms with Gasteiger partial charge in [0.2, 0.25) is 5.91 Å². The SMILES string of the molecule is C=CC(=O)Nc1ccc(Oc2cc(-c3ccc(C4CCN(C)CC4)cc3)cn3ncc(C#N)c23)cn1. The van der Waals surface area contributed by atoms with Crippen LogP contribution in [0.15, 0.2) is 73.7 Å². The van der Waals surface area contributed by atoms with Gasteiger partial charge in [0.15, 0.2) is 5.75 Å². The zero-order valence-electron chi connectivity index (χ0n) is 20.0. The maximum Gasteiger partial charge on any atom is 0.248 e. The number of carbonyl (C=O) groups excluding carboxylic acids is 1. The number of rotatable bonds is 6. The van der Waals surface area contributed by atoms with E-state index in [9.17, 15) is 10.1 Å². The van der Waals surface area contributed by atoms with Gasteiger partial charge in [0.05, 0.1) is 12.4 Å². The molecule has 4 aromatic rings. The molecule has 1 fully saturated rings. The van der Waals surface area contributed by atoms with Gasteiger partial charge in [-0.1, -0.05) is 30.8 Å². The van der Waals surface area contributed by atoms with Crippen LogP contribution in [0.3, 0.4) is 0 Å². The number of ether oxygens (including phenoxy) is 1. The lowest BCUT2D eigenvalue weighted by Gasteiger charge is -2.29. The Labute approximate surface area is 209 Å². The molecule has 1 aromatic carbocycles. The summed E-state index contributed by atoms with van der Waals surface area (Å²) in [4.78, 5) is 18.1. The van der Waals surface area contributed by atoms with E-state index in [-0.39, 0.29) is 5.91 Å². The summed E-state index contributed by atoms with van der Waals surface area (Å²) in [5.74, 6) is 1.59. The second-order valence-corrected chi connectivity index (χ2v) is 8.93. The number of amides is 1. The van der Waals surface area contributed by atoms with Gasteiger partial charge in [-0.3, -0.25) is 4.79 Å². The van der Waals surface area contributed by atoms with Gasteiger partial charge in [0.1, 0.15) is 28.7 Å². The van der Waals surface area contributed by atoms with Crippen molar-refractivity contribution in [3.63, 3.8) is 0 Å². The molecular formula is C28H26N6O2. The quantitative estimate of drug-likeness (QED) is 0.392. The number of nitrogens with zero attached hydrogens (tertiary/aromatic N) is 5. The van der Waals surface area contributed by atoms with Gasteiger partial charge >= 0.3 is 0 Å². The molecule has 180 valence electrons. The minimum Gasteiger partial charge on any atom is -0.453 e. The molecule has 0 unspecified atom stereocenters. The lowest BCUT2D eigenvalue weighted by molar-refractivity contribution is -0.111. The normalized spacial score (nSPS) is 14.3. The number of likely N-dealkylation sites (tertiary alicyclic amines) is 1. The number of nitrogens with one attached hydrogen (secondary N) is 1. The molecule has 0 atom stereocenters. The average molecular weight is 479 g/mol. The van der Waals surface area contributed by atoms with Crippen molar-refractivity contribution in [3.8, 4) is 28.7 Å². The molecular weight excluding hydrogens is 452 g/mol. The molecule has 5 rings (SSSR count). The minimum absolute atomic E-state index is 0.342. The Morgan fingerprint density at radius 1 is 1.17 bits per heavy atom. The van der Waals surface area contributed by atoms with Crippen LogP contribution in [0.2, 0.25) is 0 Å². The summed E-state index contributed by atoms with van der Waals surface area (Å²) in [6.45, 7) is 5.69. The van der Waals surface area contributed by atoms with Crippen molar-refractivity contribution >= 4 is 17.2 Å². The first-order chi connectivity index (χ1) is 17.5. The number of fused-ring (bicyclic) bond motifs is 1. The largest absolute Gasteiger partial charge is 0.453 e. The standard InChI is InChI=1S/C28H26N6O2/c1-3-27(35)32-26-9-8-24(17-30-26)36-25-14-22(18-34-28(25)23(15-29)16-31-34)20-6-4-19(5-7-20)21-10-12-33(2)13-11-21/h3-9,14,16-18,21H,1,10-13H2,2H3,(H,30,32,35). The second kappa shape index (κ2) is 10.0. The maximum atomic E-state index is 11.5. The molecule has 8 heteroatoms. The van der Waals surface area contributed by atoms with Gasteiger partial charge in [-0.15, -0.1) is 0 Å². The van der Waals surface area contributed by atoms with E-state index in [1.54, 1.807) is 16.6 Å². The fourth-order valence-corrected chi connectivity index (χ4v) is 4.51. The van der Waals surface area contributed by atoms with Crippen LogP contribution >= 0.6 is 0 Å². The number of hydrogen-bond acceptors (Lipinski definition) is 6. The lowest BCUT2D eigenvalue weighted by atomic mass is 9.89. The van der Waals surface area contributed by atoms with Gasteiger partial charge in [-0.25, -0.2) is 9.50 Å². The Kier molecular flexibility index (Phi) is 6.48. The fourth-order valence-electron chi connectivity index (χ4n) is 4.51. The molecule has 0 spiro atoms. The second-order valence-electron chi connectivity index (χ2n) is 8.93. The Bertz CT molecular complexity index is 1440. The molecule has 1 N–H and O–H groups in total. The molecule has 36 heavy (non-hydrogen) atoms. The number of piperidine rings is 1. The van der Waals surface area contributed by atoms with Gasteiger partial charge in [0.25, 0.3) is 0 Å². The summed E-state index contributed by atoms with van der Waals surface area (Å²) in [7, 11) is 2.17. The predicted molar refractivity (Wildman–Crippen MR) is 138 cm³/mol. The highest BCUT2D eigenvalue weighted by Crippen LogP contribution is 2.34. The van der Waals surface area contributed by atoms with Crippen molar-refractivity contribution < 1.29 is 9.53 Å². The van der Waals surface area contributed by atoms with E-state index in [2.05, 4.69) is 64.3 Å². The van der Waals surface area contributed by atoms with E-state index < -0.39 is 0 Å². The first-order valence-corrected chi connectivity index (χ1v) is 11.8. The highest BCUT2D eigenvalue weighted by Gasteiger charge is 2.19. The van der Waals surface area contributed by atoms with Gasteiger partial charge in [-0.2, -0.15) is 10.4 Å². The third-order valence-electron chi connectivity index (χ3n) is 6.53. The van der Waals surface area contributed by atoms with E-state index in [1.165, 1.54) is 36.9 Å². The summed E-state index contributed by atoms with van der Waals surface area (Å²) >= 11 is 0. The van der Waals surface area contributed by atoms with Crippen LogP contribution in [-0.2, 0) is 4.79 Å². The zero-order valence-corrected chi connectivity index (χ0v) is 20.0. The smallest absolute Gasteiger partial charge is 0.248 e. The van der Waals surface area contributed by atoms with Crippen LogP contribution in [0.1, 0.15) is 29.9 Å². The number of hydrogen-bond donors (Lipinski definition) is 1. The monoisotopic (exact) mass is 478 g/mol. The van der Waals surface area contributed by atoms with Crippen molar-refractivity contribution in [1.82, 2.24) is 19.5 Å². The van der Waals surface area contributed by atoms with Gasteiger partial charge < -0.3 is 15.0 Å². The van der Waals surface area contributed by atoms with Gasteiger partial charge in [0, 0.05) is 11.8 Å². The highest BCUT2D eigenvalue weighted by molar-refractivity contribution is 5.98. The Morgan fingerprint density at radius 3 is 2.61 bits per heavy atom. The summed E-state index contributed by atoms with van der Waals surface area (Å²) in [5, 5.41) is 16.6. The number of benzene rings is 1. The molecule has 0 bridgehead atoms. The van der Waals surface area contributed by atoms with Crippen LogP contribution in [0.25, 0.3) is 16.6 Å². The van der Waals surface area contributed by atoms with Crippen molar-refractivity contribution in [2.75, 3.05) is 25.5 Å². The number of pyridine rings is 2. The molecule has 1 saturated heterocycles. The molecule has 1 aliphatic rings. The van der Waals surface area contributed by atoms with Crippen LogP contribution in [0.5, 0.6) is 11.5 Å². The Hall–Kier alpha value is -4.48. The van der Waals surface area contributed by atoms with Crippen LogP contribution < -0.4 is 10.1 Å². The van der Waals surface area contributed by atoms with Crippen molar-refractivity contribution in [3.05, 3.63) is 84.8 Å². The molecule has 1 aliphatic heterocycles. The molecule has 0 aliphatic carbocycles. The van der Waals surface area contributed by atoms with E-state index in [0.29, 0.717) is 34.3 Å². The van der Waals surface area contributed by atoms with E-state index >= 15 is 0 Å². The molecule has 4 heterocycles.